The zero-order valence-corrected chi connectivity index (χ0v) is 12.8. The second kappa shape index (κ2) is 6.14. The largest absolute Gasteiger partial charge is 0.417 e. The Labute approximate surface area is 136 Å². The van der Waals surface area contributed by atoms with Crippen LogP contribution in [0.15, 0.2) is 30.7 Å². The highest BCUT2D eigenvalue weighted by atomic mass is 19.4. The minimum Gasteiger partial charge on any atom is -0.335 e. The minimum atomic E-state index is -4.48. The van der Waals surface area contributed by atoms with Crippen molar-refractivity contribution in [1.82, 2.24) is 20.1 Å². The molecule has 0 aromatic carbocycles. The molecular formula is C15H16F3N5O. The normalized spacial score (nSPS) is 15.8. The van der Waals surface area contributed by atoms with Crippen molar-refractivity contribution >= 4 is 11.8 Å². The summed E-state index contributed by atoms with van der Waals surface area (Å²) >= 11 is 0. The number of nitrogens with zero attached hydrogens (tertiary/aromatic N) is 3. The highest BCUT2D eigenvalue weighted by molar-refractivity contribution is 5.88. The number of rotatable bonds is 4. The molecule has 0 radical (unpaired) electrons. The molecular weight excluding hydrogens is 323 g/mol. The van der Waals surface area contributed by atoms with Crippen molar-refractivity contribution in [1.29, 1.82) is 0 Å². The van der Waals surface area contributed by atoms with Gasteiger partial charge in [0.05, 0.1) is 17.4 Å². The number of alkyl halides is 3. The number of urea groups is 1. The van der Waals surface area contributed by atoms with Crippen molar-refractivity contribution in [3.05, 3.63) is 36.3 Å². The smallest absolute Gasteiger partial charge is 0.335 e. The summed E-state index contributed by atoms with van der Waals surface area (Å²) in [7, 11) is 0. The first-order valence-corrected chi connectivity index (χ1v) is 7.49. The van der Waals surface area contributed by atoms with E-state index in [1.165, 1.54) is 23.1 Å². The number of nitrogens with one attached hydrogen (secondary N) is 2. The average Bonchev–Trinajstić information content (AvgIpc) is 3.27. The number of carbonyl (C=O) groups is 1. The maximum atomic E-state index is 12.7. The highest BCUT2D eigenvalue weighted by Gasteiger charge is 2.31. The van der Waals surface area contributed by atoms with Crippen LogP contribution < -0.4 is 10.6 Å². The predicted molar refractivity (Wildman–Crippen MR) is 80.7 cm³/mol. The van der Waals surface area contributed by atoms with E-state index >= 15 is 0 Å². The molecule has 1 saturated carbocycles. The van der Waals surface area contributed by atoms with Crippen molar-refractivity contribution in [3.63, 3.8) is 0 Å². The van der Waals surface area contributed by atoms with E-state index in [9.17, 15) is 18.0 Å². The van der Waals surface area contributed by atoms with Gasteiger partial charge in [-0.05, 0) is 31.7 Å². The monoisotopic (exact) mass is 339 g/mol. The molecule has 0 saturated heterocycles. The summed E-state index contributed by atoms with van der Waals surface area (Å²) in [5, 5.41) is 9.42. The molecule has 24 heavy (non-hydrogen) atoms. The molecule has 1 aliphatic carbocycles. The number of anilines is 1. The summed E-state index contributed by atoms with van der Waals surface area (Å²) in [6.45, 7) is 1.93. The van der Waals surface area contributed by atoms with Gasteiger partial charge in [0.2, 0.25) is 0 Å². The molecule has 0 aliphatic heterocycles. The fraction of sp³-hybridized carbons (Fsp3) is 0.400. The number of carbonyl (C=O) groups excluding carboxylic acids is 1. The number of aromatic nitrogens is 3. The third-order valence-corrected chi connectivity index (χ3v) is 3.83. The van der Waals surface area contributed by atoms with E-state index in [2.05, 4.69) is 20.7 Å². The van der Waals surface area contributed by atoms with E-state index in [-0.39, 0.29) is 23.6 Å². The van der Waals surface area contributed by atoms with Crippen LogP contribution in [0.2, 0.25) is 0 Å². The van der Waals surface area contributed by atoms with Gasteiger partial charge >= 0.3 is 12.2 Å². The quantitative estimate of drug-likeness (QED) is 0.898. The molecule has 1 atom stereocenters. The molecule has 2 heterocycles. The number of amides is 2. The lowest BCUT2D eigenvalue weighted by Gasteiger charge is -2.12. The summed E-state index contributed by atoms with van der Waals surface area (Å²) in [6, 6.07) is 2.14. The van der Waals surface area contributed by atoms with Gasteiger partial charge in [0.25, 0.3) is 0 Å². The van der Waals surface area contributed by atoms with Crippen LogP contribution >= 0.6 is 0 Å². The molecule has 1 aliphatic rings. The Balaban J connectivity index is 1.68. The summed E-state index contributed by atoms with van der Waals surface area (Å²) in [5.41, 5.74) is -0.703. The molecule has 2 N–H and O–H groups in total. The van der Waals surface area contributed by atoms with Crippen LogP contribution in [-0.4, -0.2) is 26.8 Å². The Hall–Kier alpha value is -2.58. The van der Waals surface area contributed by atoms with Crippen LogP contribution in [0.4, 0.5) is 23.8 Å². The van der Waals surface area contributed by atoms with Crippen LogP contribution in [0, 0.1) is 5.92 Å². The Morgan fingerprint density at radius 1 is 1.38 bits per heavy atom. The van der Waals surface area contributed by atoms with Crippen LogP contribution in [0.5, 0.6) is 0 Å². The zero-order chi connectivity index (χ0) is 17.3. The van der Waals surface area contributed by atoms with E-state index in [0.717, 1.165) is 25.1 Å². The van der Waals surface area contributed by atoms with E-state index in [1.54, 1.807) is 0 Å². The first kappa shape index (κ1) is 16.3. The number of hydrogen-bond donors (Lipinski definition) is 2. The van der Waals surface area contributed by atoms with E-state index in [1.807, 2.05) is 6.92 Å². The van der Waals surface area contributed by atoms with Crippen LogP contribution in [0.3, 0.4) is 0 Å². The Bertz CT molecular complexity index is 739. The lowest BCUT2D eigenvalue weighted by atomic mass is 10.2. The van der Waals surface area contributed by atoms with Crippen molar-refractivity contribution in [3.8, 4) is 5.69 Å². The Kier molecular flexibility index (Phi) is 4.16. The van der Waals surface area contributed by atoms with Crippen molar-refractivity contribution in [2.75, 3.05) is 5.32 Å². The first-order chi connectivity index (χ1) is 11.3. The number of halogens is 3. The second-order valence-electron chi connectivity index (χ2n) is 5.80. The molecule has 2 aromatic heterocycles. The lowest BCUT2D eigenvalue weighted by molar-refractivity contribution is -0.137. The van der Waals surface area contributed by atoms with Gasteiger partial charge in [-0.15, -0.1) is 5.10 Å². The average molecular weight is 339 g/mol. The van der Waals surface area contributed by atoms with Crippen molar-refractivity contribution < 1.29 is 18.0 Å². The lowest BCUT2D eigenvalue weighted by Crippen LogP contribution is -2.37. The standard InChI is InChI=1S/C15H16F3N5O/c1-9(10-2-3-10)20-14(24)21-13-4-5-23(22-13)12-6-11(7-19-8-12)15(16,17)18/h4-10H,2-3H2,1H3,(H2,20,21,22,24)/t9-/m0/s1. The summed E-state index contributed by atoms with van der Waals surface area (Å²) in [5.74, 6) is 0.761. The van der Waals surface area contributed by atoms with Crippen molar-refractivity contribution in [2.45, 2.75) is 32.0 Å². The summed E-state index contributed by atoms with van der Waals surface area (Å²) < 4.78 is 39.4. The Morgan fingerprint density at radius 2 is 2.12 bits per heavy atom. The van der Waals surface area contributed by atoms with E-state index < -0.39 is 11.7 Å². The highest BCUT2D eigenvalue weighted by Crippen LogP contribution is 2.32. The van der Waals surface area contributed by atoms with Gasteiger partial charge in [-0.2, -0.15) is 13.2 Å². The molecule has 1 fully saturated rings. The van der Waals surface area contributed by atoms with E-state index in [4.69, 9.17) is 0 Å². The van der Waals surface area contributed by atoms with Crippen LogP contribution in [0.1, 0.15) is 25.3 Å². The van der Waals surface area contributed by atoms with Crippen LogP contribution in [-0.2, 0) is 6.18 Å². The number of pyridine rings is 1. The summed E-state index contributed by atoms with van der Waals surface area (Å²) in [4.78, 5) is 15.4. The van der Waals surface area contributed by atoms with Gasteiger partial charge in [0.15, 0.2) is 5.82 Å². The molecule has 0 unspecified atom stereocenters. The Morgan fingerprint density at radius 3 is 2.79 bits per heavy atom. The third kappa shape index (κ3) is 3.84. The molecule has 2 amide bonds. The van der Waals surface area contributed by atoms with Gasteiger partial charge in [0.1, 0.15) is 0 Å². The molecule has 6 nitrogen and oxygen atoms in total. The molecule has 2 aromatic rings. The van der Waals surface area contributed by atoms with Gasteiger partial charge in [0, 0.05) is 24.5 Å². The van der Waals surface area contributed by atoms with Gasteiger partial charge in [-0.3, -0.25) is 10.3 Å². The SMILES string of the molecule is C[C@H](NC(=O)Nc1ccn(-c2cncc(C(F)(F)F)c2)n1)C1CC1. The zero-order valence-electron chi connectivity index (χ0n) is 12.8. The molecule has 128 valence electrons. The van der Waals surface area contributed by atoms with Gasteiger partial charge in [-0.25, -0.2) is 9.48 Å². The molecule has 3 rings (SSSR count). The fourth-order valence-corrected chi connectivity index (χ4v) is 2.32. The number of hydrogen-bond acceptors (Lipinski definition) is 3. The second-order valence-corrected chi connectivity index (χ2v) is 5.80. The maximum Gasteiger partial charge on any atom is 0.417 e. The fourth-order valence-electron chi connectivity index (χ4n) is 2.32. The summed E-state index contributed by atoms with van der Waals surface area (Å²) in [6.07, 6.45) is 1.21. The van der Waals surface area contributed by atoms with Crippen molar-refractivity contribution in [2.24, 2.45) is 5.92 Å². The predicted octanol–water partition coefficient (Wildman–Crippen LogP) is 3.21. The minimum absolute atomic E-state index is 0.0831. The van der Waals surface area contributed by atoms with Crippen LogP contribution in [0.25, 0.3) is 5.69 Å². The van der Waals surface area contributed by atoms with Gasteiger partial charge < -0.3 is 5.32 Å². The molecule has 0 spiro atoms. The topological polar surface area (TPSA) is 71.8 Å². The molecule has 9 heteroatoms. The van der Waals surface area contributed by atoms with Gasteiger partial charge in [-0.1, -0.05) is 0 Å². The molecule has 0 bridgehead atoms. The maximum absolute atomic E-state index is 12.7. The first-order valence-electron chi connectivity index (χ1n) is 7.49. The van der Waals surface area contributed by atoms with E-state index in [0.29, 0.717) is 5.92 Å². The third-order valence-electron chi connectivity index (χ3n) is 3.83.